The van der Waals surface area contributed by atoms with Crippen LogP contribution in [0.25, 0.3) is 10.9 Å². The average Bonchev–Trinajstić information content (AvgIpc) is 2.61. The van der Waals surface area contributed by atoms with Crippen molar-refractivity contribution in [2.24, 2.45) is 0 Å². The van der Waals surface area contributed by atoms with E-state index in [0.717, 1.165) is 29.4 Å². The number of benzene rings is 1. The number of hydrogen-bond acceptors (Lipinski definition) is 4. The van der Waals surface area contributed by atoms with Crippen LogP contribution in [0.3, 0.4) is 0 Å². The summed E-state index contributed by atoms with van der Waals surface area (Å²) in [6.07, 6.45) is 1.39. The molecule has 6 heteroatoms. The molecule has 2 heterocycles. The van der Waals surface area contributed by atoms with Gasteiger partial charge in [-0.3, -0.25) is 14.6 Å². The summed E-state index contributed by atoms with van der Waals surface area (Å²) in [4.78, 5) is 30.5. The fraction of sp³-hybridized carbons (Fsp3) is 0.421. The summed E-state index contributed by atoms with van der Waals surface area (Å²) in [7, 11) is 0. The van der Waals surface area contributed by atoms with Crippen molar-refractivity contribution in [1.29, 1.82) is 0 Å². The monoisotopic (exact) mass is 342 g/mol. The molecule has 0 saturated carbocycles. The molecule has 0 spiro atoms. The molecule has 3 rings (SSSR count). The van der Waals surface area contributed by atoms with E-state index in [1.807, 2.05) is 31.2 Å². The summed E-state index contributed by atoms with van der Waals surface area (Å²) in [5.41, 5.74) is 2.13. The van der Waals surface area contributed by atoms with Crippen molar-refractivity contribution in [2.45, 2.75) is 32.2 Å². The third-order valence-electron chi connectivity index (χ3n) is 4.53. The van der Waals surface area contributed by atoms with Crippen molar-refractivity contribution in [3.8, 4) is 0 Å². The minimum atomic E-state index is -0.902. The summed E-state index contributed by atoms with van der Waals surface area (Å²) in [6.45, 7) is 3.25. The number of fused-ring (bicyclic) bond motifs is 1. The van der Waals surface area contributed by atoms with E-state index < -0.39 is 5.97 Å². The molecule has 1 aromatic heterocycles. The number of rotatable bonds is 5. The molecule has 1 aliphatic heterocycles. The van der Waals surface area contributed by atoms with Gasteiger partial charge in [0, 0.05) is 36.9 Å². The minimum Gasteiger partial charge on any atom is -0.481 e. The maximum absolute atomic E-state index is 13.3. The summed E-state index contributed by atoms with van der Waals surface area (Å²) < 4.78 is 5.39. The van der Waals surface area contributed by atoms with Gasteiger partial charge in [0.2, 0.25) is 0 Å². The summed E-state index contributed by atoms with van der Waals surface area (Å²) in [5.74, 6) is -1.03. The molecule has 132 valence electrons. The minimum absolute atomic E-state index is 0.00725. The lowest BCUT2D eigenvalue weighted by molar-refractivity contribution is -0.137. The Balaban J connectivity index is 1.97. The number of carboxylic acid groups (broad SMARTS) is 1. The Morgan fingerprint density at radius 2 is 2.00 bits per heavy atom. The van der Waals surface area contributed by atoms with E-state index in [1.165, 1.54) is 0 Å². The van der Waals surface area contributed by atoms with Crippen molar-refractivity contribution in [3.05, 3.63) is 41.6 Å². The molecule has 0 atom stereocenters. The molecule has 1 N–H and O–H groups in total. The molecule has 25 heavy (non-hydrogen) atoms. The van der Waals surface area contributed by atoms with Crippen molar-refractivity contribution in [1.82, 2.24) is 9.88 Å². The van der Waals surface area contributed by atoms with Gasteiger partial charge in [-0.2, -0.15) is 0 Å². The number of aryl methyl sites for hydroxylation is 1. The highest BCUT2D eigenvalue weighted by molar-refractivity contribution is 6.06. The first kappa shape index (κ1) is 17.4. The van der Waals surface area contributed by atoms with Crippen LogP contribution in [0.2, 0.25) is 0 Å². The Hall–Kier alpha value is -2.47. The van der Waals surface area contributed by atoms with Gasteiger partial charge in [-0.1, -0.05) is 18.2 Å². The summed E-state index contributed by atoms with van der Waals surface area (Å²) in [5, 5.41) is 9.85. The van der Waals surface area contributed by atoms with E-state index in [-0.39, 0.29) is 24.9 Å². The Morgan fingerprint density at radius 3 is 2.72 bits per heavy atom. The van der Waals surface area contributed by atoms with Gasteiger partial charge in [0.15, 0.2) is 0 Å². The molecule has 2 aromatic rings. The fourth-order valence-electron chi connectivity index (χ4n) is 3.30. The highest BCUT2D eigenvalue weighted by Gasteiger charge is 2.28. The van der Waals surface area contributed by atoms with Crippen molar-refractivity contribution >= 4 is 22.8 Å². The zero-order valence-corrected chi connectivity index (χ0v) is 14.3. The van der Waals surface area contributed by atoms with Gasteiger partial charge in [0.25, 0.3) is 5.91 Å². The van der Waals surface area contributed by atoms with E-state index in [9.17, 15) is 9.59 Å². The van der Waals surface area contributed by atoms with Crippen LogP contribution in [0.1, 0.15) is 35.3 Å². The molecule has 0 aliphatic carbocycles. The van der Waals surface area contributed by atoms with Crippen LogP contribution in [-0.2, 0) is 9.53 Å². The molecule has 1 aromatic carbocycles. The lowest BCUT2D eigenvalue weighted by Crippen LogP contribution is -2.44. The predicted octanol–water partition coefficient (Wildman–Crippen LogP) is 2.64. The Kier molecular flexibility index (Phi) is 5.28. The van der Waals surface area contributed by atoms with Crippen molar-refractivity contribution < 1.29 is 19.4 Å². The summed E-state index contributed by atoms with van der Waals surface area (Å²) in [6, 6.07) is 9.34. The molecule has 0 radical (unpaired) electrons. The second kappa shape index (κ2) is 7.61. The lowest BCUT2D eigenvalue weighted by Gasteiger charge is -2.34. The molecule has 1 fully saturated rings. The van der Waals surface area contributed by atoms with Gasteiger partial charge in [0.05, 0.1) is 17.5 Å². The number of carboxylic acids is 1. The second-order valence-electron chi connectivity index (χ2n) is 6.31. The topological polar surface area (TPSA) is 79.7 Å². The van der Waals surface area contributed by atoms with Gasteiger partial charge in [-0.15, -0.1) is 0 Å². The number of carbonyl (C=O) groups excluding carboxylic acids is 1. The van der Waals surface area contributed by atoms with Gasteiger partial charge < -0.3 is 14.7 Å². The van der Waals surface area contributed by atoms with E-state index in [2.05, 4.69) is 4.98 Å². The van der Waals surface area contributed by atoms with Crippen LogP contribution in [0.5, 0.6) is 0 Å². The quantitative estimate of drug-likeness (QED) is 0.903. The highest BCUT2D eigenvalue weighted by Crippen LogP contribution is 2.23. The normalized spacial score (nSPS) is 15.2. The zero-order valence-electron chi connectivity index (χ0n) is 14.3. The Bertz CT molecular complexity index is 784. The fourth-order valence-corrected chi connectivity index (χ4v) is 3.30. The molecule has 1 saturated heterocycles. The zero-order chi connectivity index (χ0) is 17.8. The van der Waals surface area contributed by atoms with Crippen molar-refractivity contribution in [3.63, 3.8) is 0 Å². The molecule has 0 unspecified atom stereocenters. The number of nitrogens with zero attached hydrogens (tertiary/aromatic N) is 2. The molecular weight excluding hydrogens is 320 g/mol. The van der Waals surface area contributed by atoms with E-state index >= 15 is 0 Å². The molecule has 6 nitrogen and oxygen atoms in total. The Labute approximate surface area is 146 Å². The van der Waals surface area contributed by atoms with Gasteiger partial charge in [-0.25, -0.2) is 0 Å². The number of para-hydroxylation sites is 1. The number of carbonyl (C=O) groups is 2. The lowest BCUT2D eigenvalue weighted by atomic mass is 10.0. The maximum atomic E-state index is 13.3. The SMILES string of the molecule is Cc1cc(C(=O)N(CCC(=O)O)C2CCOCC2)c2ccccc2n1. The smallest absolute Gasteiger partial charge is 0.305 e. The number of amides is 1. The largest absolute Gasteiger partial charge is 0.481 e. The van der Waals surface area contributed by atoms with Crippen molar-refractivity contribution in [2.75, 3.05) is 19.8 Å². The molecule has 1 aliphatic rings. The van der Waals surface area contributed by atoms with Crippen LogP contribution < -0.4 is 0 Å². The Morgan fingerprint density at radius 1 is 1.28 bits per heavy atom. The van der Waals surface area contributed by atoms with Crippen LogP contribution >= 0.6 is 0 Å². The number of aliphatic carboxylic acids is 1. The van der Waals surface area contributed by atoms with Gasteiger partial charge in [0.1, 0.15) is 0 Å². The van der Waals surface area contributed by atoms with Crippen LogP contribution in [0.15, 0.2) is 30.3 Å². The first-order chi connectivity index (χ1) is 12.1. The third kappa shape index (κ3) is 3.96. The molecular formula is C19H22N2O4. The van der Waals surface area contributed by atoms with E-state index in [4.69, 9.17) is 9.84 Å². The van der Waals surface area contributed by atoms with Crippen LogP contribution in [0.4, 0.5) is 0 Å². The second-order valence-corrected chi connectivity index (χ2v) is 6.31. The average molecular weight is 342 g/mol. The number of hydrogen-bond donors (Lipinski definition) is 1. The third-order valence-corrected chi connectivity index (χ3v) is 4.53. The highest BCUT2D eigenvalue weighted by atomic mass is 16.5. The number of aromatic nitrogens is 1. The maximum Gasteiger partial charge on any atom is 0.305 e. The molecule has 1 amide bonds. The number of ether oxygens (including phenoxy) is 1. The van der Waals surface area contributed by atoms with E-state index in [0.29, 0.717) is 18.8 Å². The first-order valence-electron chi connectivity index (χ1n) is 8.53. The van der Waals surface area contributed by atoms with E-state index in [1.54, 1.807) is 11.0 Å². The standard InChI is InChI=1S/C19H22N2O4/c1-13-12-16(15-4-2-3-5-17(15)20-13)19(24)21(9-6-18(22)23)14-7-10-25-11-8-14/h2-5,12,14H,6-11H2,1H3,(H,22,23). The molecule has 0 bridgehead atoms. The van der Waals surface area contributed by atoms with Gasteiger partial charge in [-0.05, 0) is 31.9 Å². The predicted molar refractivity (Wildman–Crippen MR) is 93.6 cm³/mol. The van der Waals surface area contributed by atoms with Gasteiger partial charge >= 0.3 is 5.97 Å². The van der Waals surface area contributed by atoms with Crippen LogP contribution in [-0.4, -0.2) is 52.7 Å². The summed E-state index contributed by atoms with van der Waals surface area (Å²) >= 11 is 0. The van der Waals surface area contributed by atoms with Crippen LogP contribution in [0, 0.1) is 6.92 Å². The number of pyridine rings is 1. The first-order valence-corrected chi connectivity index (χ1v) is 8.53.